The van der Waals surface area contributed by atoms with Crippen molar-refractivity contribution < 1.29 is 19.5 Å². The summed E-state index contributed by atoms with van der Waals surface area (Å²) in [5.74, 6) is -1.70. The van der Waals surface area contributed by atoms with Crippen molar-refractivity contribution in [2.75, 3.05) is 11.5 Å². The fraction of sp³-hybridized carbons (Fsp3) is 0.400. The van der Waals surface area contributed by atoms with Crippen LogP contribution in [0.4, 0.5) is 0 Å². The second-order valence-corrected chi connectivity index (χ2v) is 6.10. The maximum atomic E-state index is 12.2. The van der Waals surface area contributed by atoms with Crippen LogP contribution in [0, 0.1) is 0 Å². The van der Waals surface area contributed by atoms with Crippen molar-refractivity contribution in [2.24, 2.45) is 11.5 Å². The molecule has 1 rings (SSSR count). The first-order valence-corrected chi connectivity index (χ1v) is 8.70. The molecule has 0 radical (unpaired) electrons. The zero-order chi connectivity index (χ0) is 19.0. The minimum atomic E-state index is -0.969. The highest BCUT2D eigenvalue weighted by molar-refractivity contribution is 7.80. The number of aromatic hydroxyl groups is 1. The van der Waals surface area contributed by atoms with E-state index in [2.05, 4.69) is 35.9 Å². The van der Waals surface area contributed by atoms with Gasteiger partial charge in [0.05, 0.1) is 6.04 Å². The van der Waals surface area contributed by atoms with Crippen LogP contribution in [0.2, 0.25) is 0 Å². The summed E-state index contributed by atoms with van der Waals surface area (Å²) in [6.45, 7) is 0. The smallest absolute Gasteiger partial charge is 0.244 e. The molecular formula is C15H22N4O4S2. The molecule has 0 aromatic heterocycles. The molecule has 0 aliphatic rings. The maximum Gasteiger partial charge on any atom is 0.244 e. The van der Waals surface area contributed by atoms with Gasteiger partial charge in [0.1, 0.15) is 17.8 Å². The summed E-state index contributed by atoms with van der Waals surface area (Å²) in [6, 6.07) is 3.47. The minimum absolute atomic E-state index is 0.0154. The first kappa shape index (κ1) is 21.1. The van der Waals surface area contributed by atoms with Crippen molar-refractivity contribution in [2.45, 2.75) is 24.5 Å². The van der Waals surface area contributed by atoms with E-state index >= 15 is 0 Å². The number of benzene rings is 1. The van der Waals surface area contributed by atoms with Crippen LogP contribution in [-0.4, -0.2) is 52.5 Å². The summed E-state index contributed by atoms with van der Waals surface area (Å²) in [6.07, 6.45) is 0.230. The van der Waals surface area contributed by atoms with E-state index in [0.29, 0.717) is 0 Å². The van der Waals surface area contributed by atoms with E-state index in [9.17, 15) is 19.5 Å². The topological polar surface area (TPSA) is 148 Å². The highest BCUT2D eigenvalue weighted by Crippen LogP contribution is 2.11. The van der Waals surface area contributed by atoms with Crippen molar-refractivity contribution >= 4 is 43.0 Å². The van der Waals surface area contributed by atoms with Crippen molar-refractivity contribution in [3.8, 4) is 5.75 Å². The normalized spacial score (nSPS) is 14.2. The summed E-state index contributed by atoms with van der Waals surface area (Å²) in [5, 5.41) is 14.1. The number of rotatable bonds is 9. The van der Waals surface area contributed by atoms with Gasteiger partial charge in [-0.3, -0.25) is 14.4 Å². The van der Waals surface area contributed by atoms with Crippen molar-refractivity contribution in [3.63, 3.8) is 0 Å². The Labute approximate surface area is 156 Å². The molecule has 1 aromatic rings. The molecule has 7 N–H and O–H groups in total. The fourth-order valence-electron chi connectivity index (χ4n) is 1.93. The lowest BCUT2D eigenvalue weighted by Crippen LogP contribution is -2.56. The number of phenolic OH excluding ortho intramolecular Hbond substituents is 1. The largest absolute Gasteiger partial charge is 0.508 e. The lowest BCUT2D eigenvalue weighted by atomic mass is 10.1. The van der Waals surface area contributed by atoms with Gasteiger partial charge in [-0.05, 0) is 24.1 Å². The Morgan fingerprint density at radius 2 is 1.52 bits per heavy atom. The summed E-state index contributed by atoms with van der Waals surface area (Å²) >= 11 is 7.97. The van der Waals surface area contributed by atoms with Gasteiger partial charge in [-0.2, -0.15) is 25.3 Å². The second kappa shape index (κ2) is 10.2. The number of phenols is 1. The molecule has 0 fully saturated rings. The predicted molar refractivity (Wildman–Crippen MR) is 101 cm³/mol. The predicted octanol–water partition coefficient (Wildman–Crippen LogP) is -1.42. The molecule has 25 heavy (non-hydrogen) atoms. The van der Waals surface area contributed by atoms with Crippen LogP contribution in [0.25, 0.3) is 0 Å². The molecule has 0 unspecified atom stereocenters. The molecule has 138 valence electrons. The van der Waals surface area contributed by atoms with E-state index in [-0.39, 0.29) is 23.7 Å². The Hall–Kier alpha value is -1.91. The lowest BCUT2D eigenvalue weighted by Gasteiger charge is -2.21. The van der Waals surface area contributed by atoms with Gasteiger partial charge in [0.2, 0.25) is 17.7 Å². The van der Waals surface area contributed by atoms with Crippen molar-refractivity contribution in [3.05, 3.63) is 29.8 Å². The molecular weight excluding hydrogens is 364 g/mol. The average Bonchev–Trinajstić information content (AvgIpc) is 2.58. The van der Waals surface area contributed by atoms with Gasteiger partial charge in [0, 0.05) is 11.5 Å². The molecule has 3 amide bonds. The third kappa shape index (κ3) is 6.85. The van der Waals surface area contributed by atoms with Gasteiger partial charge >= 0.3 is 0 Å². The number of hydrogen-bond donors (Lipinski definition) is 7. The van der Waals surface area contributed by atoms with E-state index in [4.69, 9.17) is 11.5 Å². The van der Waals surface area contributed by atoms with Crippen LogP contribution in [0.1, 0.15) is 5.56 Å². The van der Waals surface area contributed by atoms with Crippen molar-refractivity contribution in [1.29, 1.82) is 0 Å². The summed E-state index contributed by atoms with van der Waals surface area (Å²) in [7, 11) is 0. The Morgan fingerprint density at radius 3 is 2.00 bits per heavy atom. The standard InChI is InChI=1S/C15H22N4O4S2/c16-10(5-8-1-3-9(20)4-2-8)14(22)19-12(7-25)15(23)18-11(6-24)13(17)21/h1-4,10-12,20,24-25H,5-7,16H2,(H2,17,21)(H,18,23)(H,19,22)/t10-,11-,12-/m0/s1. The Balaban J connectivity index is 2.63. The highest BCUT2D eigenvalue weighted by Gasteiger charge is 2.25. The summed E-state index contributed by atoms with van der Waals surface area (Å²) in [5.41, 5.74) is 11.7. The van der Waals surface area contributed by atoms with Crippen LogP contribution < -0.4 is 22.1 Å². The van der Waals surface area contributed by atoms with E-state index in [1.54, 1.807) is 12.1 Å². The van der Waals surface area contributed by atoms with Crippen molar-refractivity contribution in [1.82, 2.24) is 10.6 Å². The molecule has 0 saturated heterocycles. The molecule has 8 nitrogen and oxygen atoms in total. The zero-order valence-electron chi connectivity index (χ0n) is 13.4. The van der Waals surface area contributed by atoms with Gasteiger partial charge in [0.15, 0.2) is 0 Å². The Kier molecular flexibility index (Phi) is 8.59. The lowest BCUT2D eigenvalue weighted by molar-refractivity contribution is -0.130. The number of carbonyl (C=O) groups excluding carboxylic acids is 3. The van der Waals surface area contributed by atoms with Gasteiger partial charge in [-0.15, -0.1) is 0 Å². The van der Waals surface area contributed by atoms with Crippen LogP contribution in [-0.2, 0) is 20.8 Å². The van der Waals surface area contributed by atoms with Crippen LogP contribution in [0.5, 0.6) is 5.75 Å². The van der Waals surface area contributed by atoms with Gasteiger partial charge < -0.3 is 27.2 Å². The Bertz CT molecular complexity index is 612. The van der Waals surface area contributed by atoms with Crippen LogP contribution in [0.3, 0.4) is 0 Å². The first-order chi connectivity index (χ1) is 11.8. The third-order valence-corrected chi connectivity index (χ3v) is 4.12. The number of primary amides is 1. The summed E-state index contributed by atoms with van der Waals surface area (Å²) < 4.78 is 0. The molecule has 0 spiro atoms. The number of thiol groups is 2. The van der Waals surface area contributed by atoms with Crippen LogP contribution in [0.15, 0.2) is 24.3 Å². The number of hydrogen-bond acceptors (Lipinski definition) is 7. The summed E-state index contributed by atoms with van der Waals surface area (Å²) in [4.78, 5) is 35.4. The monoisotopic (exact) mass is 386 g/mol. The highest BCUT2D eigenvalue weighted by atomic mass is 32.1. The van der Waals surface area contributed by atoms with E-state index in [1.165, 1.54) is 12.1 Å². The molecule has 0 aliphatic carbocycles. The van der Waals surface area contributed by atoms with Crippen LogP contribution >= 0.6 is 25.3 Å². The van der Waals surface area contributed by atoms with E-state index in [1.807, 2.05) is 0 Å². The zero-order valence-corrected chi connectivity index (χ0v) is 15.2. The molecule has 0 aliphatic heterocycles. The fourth-order valence-corrected chi connectivity index (χ4v) is 2.46. The molecule has 1 aromatic carbocycles. The molecule has 0 bridgehead atoms. The third-order valence-electron chi connectivity index (χ3n) is 3.39. The van der Waals surface area contributed by atoms with E-state index in [0.717, 1.165) is 5.56 Å². The average molecular weight is 386 g/mol. The second-order valence-electron chi connectivity index (χ2n) is 5.37. The maximum absolute atomic E-state index is 12.2. The first-order valence-electron chi connectivity index (χ1n) is 7.43. The molecule has 10 heteroatoms. The number of amides is 3. The molecule has 0 heterocycles. The molecule has 3 atom stereocenters. The van der Waals surface area contributed by atoms with Gasteiger partial charge in [0.25, 0.3) is 0 Å². The van der Waals surface area contributed by atoms with E-state index < -0.39 is 35.8 Å². The van der Waals surface area contributed by atoms with Gasteiger partial charge in [-0.1, -0.05) is 12.1 Å². The number of nitrogens with one attached hydrogen (secondary N) is 2. The van der Waals surface area contributed by atoms with Gasteiger partial charge in [-0.25, -0.2) is 0 Å². The minimum Gasteiger partial charge on any atom is -0.508 e. The Morgan fingerprint density at radius 1 is 1.00 bits per heavy atom. The number of nitrogens with two attached hydrogens (primary N) is 2. The number of carbonyl (C=O) groups is 3. The molecule has 0 saturated carbocycles. The SMILES string of the molecule is NC(=O)[C@H](CS)NC(=O)[C@H](CS)NC(=O)[C@@H](N)Cc1ccc(O)cc1. The quantitative estimate of drug-likeness (QED) is 0.260.